The molecule has 0 aromatic carbocycles. The number of halogens is 1. The molecule has 0 radical (unpaired) electrons. The van der Waals surface area contributed by atoms with Crippen molar-refractivity contribution in [3.8, 4) is 0 Å². The predicted octanol–water partition coefficient (Wildman–Crippen LogP) is 1.50. The third-order valence-corrected chi connectivity index (χ3v) is 1.61. The Labute approximate surface area is 62.0 Å². The molecule has 3 heteroatoms. The van der Waals surface area contributed by atoms with E-state index in [2.05, 4.69) is 4.74 Å². The number of esters is 1. The third kappa shape index (κ3) is 2.30. The summed E-state index contributed by atoms with van der Waals surface area (Å²) in [5.74, 6) is -0.264. The Balaban J connectivity index is 3.83. The van der Waals surface area contributed by atoms with E-state index in [-0.39, 0.29) is 5.97 Å². The lowest BCUT2D eigenvalue weighted by Crippen LogP contribution is -1.99. The van der Waals surface area contributed by atoms with E-state index >= 15 is 0 Å². The van der Waals surface area contributed by atoms with Crippen molar-refractivity contribution in [1.29, 1.82) is 0 Å². The van der Waals surface area contributed by atoms with Crippen molar-refractivity contribution in [3.05, 3.63) is 9.66 Å². The van der Waals surface area contributed by atoms with Gasteiger partial charge < -0.3 is 4.74 Å². The highest BCUT2D eigenvalue weighted by molar-refractivity contribution is 14.1. The van der Waals surface area contributed by atoms with E-state index in [4.69, 9.17) is 0 Å². The maximum Gasteiger partial charge on any atom is 0.333 e. The molecule has 0 aromatic rings. The maximum absolute atomic E-state index is 10.4. The summed E-state index contributed by atoms with van der Waals surface area (Å²) < 4.78 is 6.07. The fourth-order valence-corrected chi connectivity index (χ4v) is 0.460. The summed E-state index contributed by atoms with van der Waals surface area (Å²) in [7, 11) is 1.37. The molecule has 0 aliphatic rings. The Morgan fingerprint density at radius 1 is 1.75 bits per heavy atom. The van der Waals surface area contributed by atoms with Crippen LogP contribution in [-0.2, 0) is 9.53 Å². The Hall–Kier alpha value is -0.0600. The molecule has 0 heterocycles. The monoisotopic (exact) mass is 226 g/mol. The van der Waals surface area contributed by atoms with Crippen LogP contribution in [0.2, 0.25) is 0 Å². The molecule has 0 saturated carbocycles. The molecule has 0 fully saturated rings. The molecule has 0 aliphatic heterocycles. The molecule has 0 atom stereocenters. The molecule has 0 saturated heterocycles. The van der Waals surface area contributed by atoms with Crippen molar-refractivity contribution < 1.29 is 9.53 Å². The van der Waals surface area contributed by atoms with Crippen LogP contribution in [0.1, 0.15) is 6.92 Å². The molecule has 0 rings (SSSR count). The molecule has 2 nitrogen and oxygen atoms in total. The van der Waals surface area contributed by atoms with E-state index in [1.807, 2.05) is 22.6 Å². The van der Waals surface area contributed by atoms with Crippen LogP contribution in [0.3, 0.4) is 0 Å². The minimum absolute atomic E-state index is 0.264. The van der Waals surface area contributed by atoms with E-state index in [0.717, 1.165) is 0 Å². The van der Waals surface area contributed by atoms with E-state index in [1.54, 1.807) is 11.0 Å². The normalized spacial score (nSPS) is 11.1. The Morgan fingerprint density at radius 3 is 2.38 bits per heavy atom. The summed E-state index contributed by atoms with van der Waals surface area (Å²) in [6, 6.07) is 0. The highest BCUT2D eigenvalue weighted by Crippen LogP contribution is 1.98. The fraction of sp³-hybridized carbons (Fsp3) is 0.400. The van der Waals surface area contributed by atoms with Gasteiger partial charge in [-0.25, -0.2) is 4.79 Å². The van der Waals surface area contributed by atoms with Gasteiger partial charge in [-0.05, 0) is 11.0 Å². The van der Waals surface area contributed by atoms with E-state index < -0.39 is 0 Å². The van der Waals surface area contributed by atoms with Gasteiger partial charge in [-0.3, -0.25) is 0 Å². The smallest absolute Gasteiger partial charge is 0.333 e. The second-order valence-corrected chi connectivity index (χ2v) is 1.91. The van der Waals surface area contributed by atoms with Crippen LogP contribution in [0.4, 0.5) is 0 Å². The summed E-state index contributed by atoms with van der Waals surface area (Å²) in [6.45, 7) is 1.71. The van der Waals surface area contributed by atoms with Crippen LogP contribution in [0.15, 0.2) is 9.66 Å². The average Bonchev–Trinajstić information content (AvgIpc) is 1.84. The first kappa shape index (κ1) is 7.94. The quantitative estimate of drug-likeness (QED) is 0.384. The molecule has 0 N–H and O–H groups in total. The standard InChI is InChI=1S/C5H7IO2/c1-4(3-6)5(7)8-2/h3H,1-2H3/b4-3+. The number of ether oxygens (including phenoxy) is 1. The molecular weight excluding hydrogens is 219 g/mol. The largest absolute Gasteiger partial charge is 0.466 e. The van der Waals surface area contributed by atoms with Crippen LogP contribution in [-0.4, -0.2) is 13.1 Å². The van der Waals surface area contributed by atoms with Crippen molar-refractivity contribution in [3.63, 3.8) is 0 Å². The van der Waals surface area contributed by atoms with Crippen molar-refractivity contribution >= 4 is 28.6 Å². The highest BCUT2D eigenvalue weighted by Gasteiger charge is 1.98. The number of hydrogen-bond acceptors (Lipinski definition) is 2. The molecule has 0 bridgehead atoms. The lowest BCUT2D eigenvalue weighted by atomic mass is 10.4. The number of methoxy groups -OCH3 is 1. The van der Waals surface area contributed by atoms with E-state index in [0.29, 0.717) is 5.57 Å². The van der Waals surface area contributed by atoms with Gasteiger partial charge in [0.2, 0.25) is 0 Å². The molecule has 8 heavy (non-hydrogen) atoms. The van der Waals surface area contributed by atoms with Gasteiger partial charge in [-0.1, -0.05) is 22.6 Å². The average molecular weight is 226 g/mol. The van der Waals surface area contributed by atoms with Crippen molar-refractivity contribution in [2.24, 2.45) is 0 Å². The molecule has 0 aromatic heterocycles. The molecular formula is C5H7IO2. The first-order valence-electron chi connectivity index (χ1n) is 2.07. The van der Waals surface area contributed by atoms with Gasteiger partial charge in [0.05, 0.1) is 7.11 Å². The first-order valence-corrected chi connectivity index (χ1v) is 3.32. The molecule has 0 aliphatic carbocycles. The van der Waals surface area contributed by atoms with E-state index in [9.17, 15) is 4.79 Å². The van der Waals surface area contributed by atoms with Crippen molar-refractivity contribution in [2.75, 3.05) is 7.11 Å². The second-order valence-electron chi connectivity index (χ2n) is 1.28. The third-order valence-electron chi connectivity index (χ3n) is 0.671. The zero-order valence-corrected chi connectivity index (χ0v) is 6.93. The number of carbonyl (C=O) groups excluding carboxylic acids is 1. The summed E-state index contributed by atoms with van der Waals surface area (Å²) in [5, 5.41) is 0. The fourth-order valence-electron chi connectivity index (χ4n) is 0.206. The van der Waals surface area contributed by atoms with Gasteiger partial charge in [0.25, 0.3) is 0 Å². The zero-order chi connectivity index (χ0) is 6.57. The lowest BCUT2D eigenvalue weighted by molar-refractivity contribution is -0.136. The number of carbonyl (C=O) groups is 1. The summed E-state index contributed by atoms with van der Waals surface area (Å²) in [4.78, 5) is 10.4. The molecule has 0 spiro atoms. The number of hydrogen-bond donors (Lipinski definition) is 0. The lowest BCUT2D eigenvalue weighted by Gasteiger charge is -1.93. The van der Waals surface area contributed by atoms with Gasteiger partial charge in [0.15, 0.2) is 0 Å². The van der Waals surface area contributed by atoms with Gasteiger partial charge in [-0.2, -0.15) is 0 Å². The van der Waals surface area contributed by atoms with Gasteiger partial charge in [0, 0.05) is 5.57 Å². The van der Waals surface area contributed by atoms with Crippen LogP contribution >= 0.6 is 22.6 Å². The Bertz CT molecular complexity index is 118. The second kappa shape index (κ2) is 3.88. The predicted molar refractivity (Wildman–Crippen MR) is 39.8 cm³/mol. The minimum Gasteiger partial charge on any atom is -0.466 e. The molecule has 0 amide bonds. The zero-order valence-electron chi connectivity index (χ0n) is 4.77. The van der Waals surface area contributed by atoms with Crippen molar-refractivity contribution in [1.82, 2.24) is 0 Å². The minimum atomic E-state index is -0.264. The SMILES string of the molecule is COC(=O)/C(C)=C/I. The van der Waals surface area contributed by atoms with Gasteiger partial charge >= 0.3 is 5.97 Å². The maximum atomic E-state index is 10.4. The van der Waals surface area contributed by atoms with Gasteiger partial charge in [-0.15, -0.1) is 0 Å². The topological polar surface area (TPSA) is 26.3 Å². The van der Waals surface area contributed by atoms with Crippen LogP contribution in [0.5, 0.6) is 0 Å². The Kier molecular flexibility index (Phi) is 3.85. The summed E-state index contributed by atoms with van der Waals surface area (Å²) in [5.41, 5.74) is 0.633. The highest BCUT2D eigenvalue weighted by atomic mass is 127. The van der Waals surface area contributed by atoms with E-state index in [1.165, 1.54) is 7.11 Å². The molecule has 0 unspecified atom stereocenters. The first-order chi connectivity index (χ1) is 3.72. The summed E-state index contributed by atoms with van der Waals surface area (Å²) in [6.07, 6.45) is 0. The van der Waals surface area contributed by atoms with Crippen LogP contribution in [0.25, 0.3) is 0 Å². The van der Waals surface area contributed by atoms with Crippen LogP contribution < -0.4 is 0 Å². The summed E-state index contributed by atoms with van der Waals surface area (Å²) >= 11 is 1.99. The van der Waals surface area contributed by atoms with Crippen LogP contribution in [0, 0.1) is 0 Å². The molecule has 46 valence electrons. The Morgan fingerprint density at radius 2 is 2.25 bits per heavy atom. The van der Waals surface area contributed by atoms with Gasteiger partial charge in [0.1, 0.15) is 0 Å². The number of rotatable bonds is 1. The van der Waals surface area contributed by atoms with Crippen molar-refractivity contribution in [2.45, 2.75) is 6.92 Å².